The third-order valence-corrected chi connectivity index (χ3v) is 3.16. The minimum Gasteiger partial charge on any atom is -0.335 e. The number of ketones is 1. The number of nitro benzene ring substituents is 1. The number of Topliss-reactive ketones (excluding diaryl/α,β-unsaturated/α-hetero) is 1. The van der Waals surface area contributed by atoms with Crippen LogP contribution in [-0.4, -0.2) is 34.6 Å². The molecule has 1 saturated heterocycles. The van der Waals surface area contributed by atoms with Gasteiger partial charge in [-0.1, -0.05) is 0 Å². The summed E-state index contributed by atoms with van der Waals surface area (Å²) in [5.41, 5.74) is 0.342. The van der Waals surface area contributed by atoms with Crippen molar-refractivity contribution in [1.82, 2.24) is 4.90 Å². The van der Waals surface area contributed by atoms with E-state index >= 15 is 0 Å². The highest BCUT2D eigenvalue weighted by molar-refractivity contribution is 5.99. The van der Waals surface area contributed by atoms with Crippen molar-refractivity contribution in [3.05, 3.63) is 39.9 Å². The third kappa shape index (κ3) is 3.15. The topological polar surface area (TPSA) is 80.5 Å². The Hall–Kier alpha value is -2.24. The number of amides is 1. The van der Waals surface area contributed by atoms with E-state index in [2.05, 4.69) is 0 Å². The normalized spacial score (nSPS) is 15.4. The monoisotopic (exact) mass is 262 g/mol. The lowest BCUT2D eigenvalue weighted by atomic mass is 10.1. The molecule has 0 radical (unpaired) electrons. The second-order valence-corrected chi connectivity index (χ2v) is 4.50. The Morgan fingerprint density at radius 2 is 1.95 bits per heavy atom. The molecule has 1 aromatic carbocycles. The Labute approximate surface area is 110 Å². The standard InChI is InChI=1S/C13H14N2O4/c16-12(9-14-8-2-1-3-13(14)17)10-4-6-11(7-5-10)15(18)19/h4-7H,1-3,8-9H2. The van der Waals surface area contributed by atoms with E-state index in [0.717, 1.165) is 12.8 Å². The summed E-state index contributed by atoms with van der Waals surface area (Å²) in [6.45, 7) is 0.661. The van der Waals surface area contributed by atoms with Crippen molar-refractivity contribution < 1.29 is 14.5 Å². The first-order valence-corrected chi connectivity index (χ1v) is 6.13. The van der Waals surface area contributed by atoms with Gasteiger partial charge in [-0.25, -0.2) is 0 Å². The lowest BCUT2D eigenvalue weighted by Crippen LogP contribution is -2.39. The van der Waals surface area contributed by atoms with Gasteiger partial charge in [0.25, 0.3) is 5.69 Å². The van der Waals surface area contributed by atoms with Crippen LogP contribution in [0.3, 0.4) is 0 Å². The fourth-order valence-electron chi connectivity index (χ4n) is 2.06. The largest absolute Gasteiger partial charge is 0.335 e. The molecule has 0 spiro atoms. The van der Waals surface area contributed by atoms with Crippen molar-refractivity contribution in [2.45, 2.75) is 19.3 Å². The number of non-ortho nitro benzene ring substituents is 1. The molecule has 100 valence electrons. The van der Waals surface area contributed by atoms with Crippen LogP contribution in [0.2, 0.25) is 0 Å². The smallest absolute Gasteiger partial charge is 0.269 e. The van der Waals surface area contributed by atoms with Crippen LogP contribution in [0.5, 0.6) is 0 Å². The number of benzene rings is 1. The summed E-state index contributed by atoms with van der Waals surface area (Å²) in [6, 6.07) is 5.44. The highest BCUT2D eigenvalue weighted by Crippen LogP contribution is 2.14. The lowest BCUT2D eigenvalue weighted by Gasteiger charge is -2.25. The van der Waals surface area contributed by atoms with Crippen LogP contribution >= 0.6 is 0 Å². The zero-order valence-corrected chi connectivity index (χ0v) is 10.4. The van der Waals surface area contributed by atoms with Gasteiger partial charge >= 0.3 is 0 Å². The summed E-state index contributed by atoms with van der Waals surface area (Å²) in [6.07, 6.45) is 2.29. The quantitative estimate of drug-likeness (QED) is 0.470. The second kappa shape index (κ2) is 5.60. The van der Waals surface area contributed by atoms with Crippen LogP contribution < -0.4 is 0 Å². The fraction of sp³-hybridized carbons (Fsp3) is 0.385. The summed E-state index contributed by atoms with van der Waals surface area (Å²) in [7, 11) is 0. The van der Waals surface area contributed by atoms with Crippen LogP contribution in [0.4, 0.5) is 5.69 Å². The second-order valence-electron chi connectivity index (χ2n) is 4.50. The van der Waals surface area contributed by atoms with E-state index in [9.17, 15) is 19.7 Å². The van der Waals surface area contributed by atoms with E-state index in [1.165, 1.54) is 24.3 Å². The van der Waals surface area contributed by atoms with Gasteiger partial charge in [-0.15, -0.1) is 0 Å². The number of carbonyl (C=O) groups is 2. The zero-order valence-electron chi connectivity index (χ0n) is 10.4. The van der Waals surface area contributed by atoms with Crippen molar-refractivity contribution in [2.24, 2.45) is 0 Å². The van der Waals surface area contributed by atoms with Gasteiger partial charge in [0, 0.05) is 30.7 Å². The molecule has 6 nitrogen and oxygen atoms in total. The molecule has 0 saturated carbocycles. The number of rotatable bonds is 4. The maximum atomic E-state index is 12.0. The molecule has 0 N–H and O–H groups in total. The SMILES string of the molecule is O=C(CN1CCCCC1=O)c1ccc([N+](=O)[O-])cc1. The molecule has 1 aromatic rings. The Balaban J connectivity index is 2.03. The number of hydrogen-bond donors (Lipinski definition) is 0. The predicted octanol–water partition coefficient (Wildman–Crippen LogP) is 1.79. The van der Waals surface area contributed by atoms with Crippen molar-refractivity contribution in [2.75, 3.05) is 13.1 Å². The summed E-state index contributed by atoms with van der Waals surface area (Å²) in [5, 5.41) is 10.5. The average molecular weight is 262 g/mol. The van der Waals surface area contributed by atoms with Crippen molar-refractivity contribution in [3.8, 4) is 0 Å². The molecule has 1 aliphatic rings. The third-order valence-electron chi connectivity index (χ3n) is 3.16. The molecular weight excluding hydrogens is 248 g/mol. The van der Waals surface area contributed by atoms with Crippen LogP contribution in [0.25, 0.3) is 0 Å². The molecule has 1 heterocycles. The van der Waals surface area contributed by atoms with Gasteiger partial charge < -0.3 is 4.90 Å². The average Bonchev–Trinajstić information content (AvgIpc) is 2.41. The molecule has 0 bridgehead atoms. The Bertz CT molecular complexity index is 510. The molecule has 1 aliphatic heterocycles. The minimum absolute atomic E-state index is 0.00140. The van der Waals surface area contributed by atoms with Crippen LogP contribution in [-0.2, 0) is 4.79 Å². The summed E-state index contributed by atoms with van der Waals surface area (Å²) >= 11 is 0. The molecule has 0 atom stereocenters. The van der Waals surface area contributed by atoms with Crippen LogP contribution in [0, 0.1) is 10.1 Å². The van der Waals surface area contributed by atoms with Crippen molar-refractivity contribution in [3.63, 3.8) is 0 Å². The van der Waals surface area contributed by atoms with Gasteiger partial charge in [0.2, 0.25) is 5.91 Å². The number of likely N-dealkylation sites (tertiary alicyclic amines) is 1. The summed E-state index contributed by atoms with van der Waals surface area (Å²) in [5.74, 6) is -0.188. The Kier molecular flexibility index (Phi) is 3.89. The zero-order chi connectivity index (χ0) is 13.8. The first-order valence-electron chi connectivity index (χ1n) is 6.13. The summed E-state index contributed by atoms with van der Waals surface area (Å²) in [4.78, 5) is 35.1. The van der Waals surface area contributed by atoms with Gasteiger partial charge in [-0.05, 0) is 25.0 Å². The number of carbonyl (C=O) groups excluding carboxylic acids is 2. The van der Waals surface area contributed by atoms with Crippen molar-refractivity contribution >= 4 is 17.4 Å². The Morgan fingerprint density at radius 1 is 1.26 bits per heavy atom. The maximum absolute atomic E-state index is 12.0. The number of piperidine rings is 1. The number of nitrogens with zero attached hydrogens (tertiary/aromatic N) is 2. The van der Waals surface area contributed by atoms with E-state index in [1.807, 2.05) is 0 Å². The van der Waals surface area contributed by atoms with E-state index < -0.39 is 4.92 Å². The van der Waals surface area contributed by atoms with Gasteiger partial charge in [0.1, 0.15) is 0 Å². The Morgan fingerprint density at radius 3 is 2.53 bits per heavy atom. The first-order chi connectivity index (χ1) is 9.08. The minimum atomic E-state index is -0.511. The molecule has 0 aromatic heterocycles. The van der Waals surface area contributed by atoms with E-state index in [0.29, 0.717) is 18.5 Å². The predicted molar refractivity (Wildman–Crippen MR) is 67.9 cm³/mol. The highest BCUT2D eigenvalue weighted by atomic mass is 16.6. The molecular formula is C13H14N2O4. The van der Waals surface area contributed by atoms with Crippen molar-refractivity contribution in [1.29, 1.82) is 0 Å². The van der Waals surface area contributed by atoms with Gasteiger partial charge in [0.05, 0.1) is 11.5 Å². The first kappa shape index (κ1) is 13.2. The number of hydrogen-bond acceptors (Lipinski definition) is 4. The maximum Gasteiger partial charge on any atom is 0.269 e. The molecule has 6 heteroatoms. The van der Waals surface area contributed by atoms with Gasteiger partial charge in [-0.2, -0.15) is 0 Å². The molecule has 0 aliphatic carbocycles. The summed E-state index contributed by atoms with van der Waals surface area (Å²) < 4.78 is 0. The van der Waals surface area contributed by atoms with Crippen LogP contribution in [0.15, 0.2) is 24.3 Å². The van der Waals surface area contributed by atoms with Gasteiger partial charge in [-0.3, -0.25) is 19.7 Å². The van der Waals surface area contributed by atoms with E-state index in [4.69, 9.17) is 0 Å². The molecule has 0 unspecified atom stereocenters. The van der Waals surface area contributed by atoms with E-state index in [1.54, 1.807) is 4.90 Å². The van der Waals surface area contributed by atoms with Crippen LogP contribution in [0.1, 0.15) is 29.6 Å². The highest BCUT2D eigenvalue weighted by Gasteiger charge is 2.21. The molecule has 2 rings (SSSR count). The molecule has 1 fully saturated rings. The fourth-order valence-corrected chi connectivity index (χ4v) is 2.06. The molecule has 1 amide bonds. The van der Waals surface area contributed by atoms with E-state index in [-0.39, 0.29) is 23.9 Å². The van der Waals surface area contributed by atoms with Gasteiger partial charge in [0.15, 0.2) is 5.78 Å². The molecule has 19 heavy (non-hydrogen) atoms. The number of nitro groups is 1. The lowest BCUT2D eigenvalue weighted by molar-refractivity contribution is -0.384.